The second kappa shape index (κ2) is 10.9. The average molecular weight is 499 g/mol. The van der Waals surface area contributed by atoms with Crippen molar-refractivity contribution in [2.24, 2.45) is 7.05 Å². The molecule has 0 bridgehead atoms. The highest BCUT2D eigenvalue weighted by Crippen LogP contribution is 2.31. The molecule has 4 aromatic rings. The smallest absolute Gasteiger partial charge is 0.356 e. The van der Waals surface area contributed by atoms with Crippen LogP contribution in [-0.2, 0) is 21.3 Å². The van der Waals surface area contributed by atoms with Crippen LogP contribution in [0.5, 0.6) is 0 Å². The molecule has 0 aliphatic carbocycles. The Morgan fingerprint density at radius 3 is 2.14 bits per heavy atom. The van der Waals surface area contributed by atoms with Crippen molar-refractivity contribution in [3.8, 4) is 11.1 Å². The topological polar surface area (TPSA) is 104 Å². The number of pyridine rings is 1. The van der Waals surface area contributed by atoms with Crippen LogP contribution in [0.2, 0.25) is 0 Å². The molecule has 0 radical (unpaired) electrons. The maximum atomic E-state index is 13.4. The lowest BCUT2D eigenvalue weighted by atomic mass is 9.97. The molecule has 8 heteroatoms. The van der Waals surface area contributed by atoms with Gasteiger partial charge in [-0.25, -0.2) is 9.59 Å². The van der Waals surface area contributed by atoms with Crippen molar-refractivity contribution in [2.75, 3.05) is 11.9 Å². The number of benzene rings is 3. The van der Waals surface area contributed by atoms with Gasteiger partial charge >= 0.3 is 11.9 Å². The van der Waals surface area contributed by atoms with Crippen LogP contribution in [0.1, 0.15) is 34.7 Å². The van der Waals surface area contributed by atoms with Gasteiger partial charge in [-0.1, -0.05) is 48.5 Å². The van der Waals surface area contributed by atoms with Crippen LogP contribution >= 0.6 is 0 Å². The summed E-state index contributed by atoms with van der Waals surface area (Å²) >= 11 is 0. The molecule has 188 valence electrons. The van der Waals surface area contributed by atoms with Crippen molar-refractivity contribution in [1.82, 2.24) is 4.57 Å². The molecule has 1 atom stereocenters. The Hall–Kier alpha value is -4.72. The first kappa shape index (κ1) is 25.4. The van der Waals surface area contributed by atoms with E-state index in [1.807, 2.05) is 30.3 Å². The van der Waals surface area contributed by atoms with Crippen molar-refractivity contribution in [3.63, 3.8) is 0 Å². The number of carbonyl (C=O) groups is 3. The van der Waals surface area contributed by atoms with E-state index in [-0.39, 0.29) is 17.9 Å². The molecular weight excluding hydrogens is 472 g/mol. The van der Waals surface area contributed by atoms with E-state index in [0.29, 0.717) is 27.6 Å². The number of anilines is 1. The van der Waals surface area contributed by atoms with Gasteiger partial charge in [0.1, 0.15) is 5.69 Å². The number of ether oxygens (including phenoxy) is 2. The Morgan fingerprint density at radius 1 is 0.865 bits per heavy atom. The molecule has 0 fully saturated rings. The van der Waals surface area contributed by atoms with Crippen LogP contribution in [0.25, 0.3) is 21.9 Å². The molecular formula is C29H26N2O6. The van der Waals surface area contributed by atoms with Gasteiger partial charge in [0.25, 0.3) is 11.5 Å². The van der Waals surface area contributed by atoms with E-state index in [1.54, 1.807) is 43.3 Å². The fourth-order valence-electron chi connectivity index (χ4n) is 4.02. The first-order valence-electron chi connectivity index (χ1n) is 11.8. The van der Waals surface area contributed by atoms with Gasteiger partial charge in [-0.2, -0.15) is 0 Å². The molecule has 0 saturated heterocycles. The van der Waals surface area contributed by atoms with E-state index in [2.05, 4.69) is 5.32 Å². The molecule has 4 rings (SSSR count). The molecule has 0 saturated carbocycles. The second-order valence-corrected chi connectivity index (χ2v) is 8.33. The number of rotatable bonds is 7. The maximum Gasteiger partial charge on any atom is 0.356 e. The number of hydrogen-bond donors (Lipinski definition) is 1. The number of nitrogens with one attached hydrogen (secondary N) is 1. The number of hydrogen-bond acceptors (Lipinski definition) is 6. The zero-order valence-electron chi connectivity index (χ0n) is 20.7. The van der Waals surface area contributed by atoms with Gasteiger partial charge in [-0.05, 0) is 55.1 Å². The number of amides is 1. The molecule has 1 aromatic heterocycles. The van der Waals surface area contributed by atoms with Crippen LogP contribution in [0.15, 0.2) is 83.7 Å². The van der Waals surface area contributed by atoms with Crippen LogP contribution < -0.4 is 10.9 Å². The van der Waals surface area contributed by atoms with Crippen molar-refractivity contribution in [2.45, 2.75) is 20.0 Å². The molecule has 37 heavy (non-hydrogen) atoms. The van der Waals surface area contributed by atoms with Crippen molar-refractivity contribution < 1.29 is 23.9 Å². The summed E-state index contributed by atoms with van der Waals surface area (Å²) in [4.78, 5) is 51.0. The van der Waals surface area contributed by atoms with Crippen molar-refractivity contribution >= 4 is 34.3 Å². The summed E-state index contributed by atoms with van der Waals surface area (Å²) in [5.74, 6) is -1.83. The number of carbonyl (C=O) groups excluding carboxylic acids is 3. The molecule has 1 heterocycles. The minimum atomic E-state index is -1.16. The summed E-state index contributed by atoms with van der Waals surface area (Å²) in [6.07, 6.45) is -1.16. The lowest BCUT2D eigenvalue weighted by Crippen LogP contribution is -2.32. The highest BCUT2D eigenvalue weighted by atomic mass is 16.5. The standard InChI is InChI=1S/C29H26N2O6/c1-4-36-28(34)20-14-16-21(17-15-20)30-26(32)18(2)37-29(35)25-24(19-10-6-5-7-11-19)22-12-8-9-13-23(22)27(33)31(25)3/h5-18H,4H2,1-3H3,(H,30,32). The van der Waals surface area contributed by atoms with Gasteiger partial charge in [0, 0.05) is 23.7 Å². The van der Waals surface area contributed by atoms with Gasteiger partial charge in [0.2, 0.25) is 0 Å². The molecule has 1 unspecified atom stereocenters. The molecule has 0 spiro atoms. The Bertz CT molecular complexity index is 1520. The summed E-state index contributed by atoms with van der Waals surface area (Å²) < 4.78 is 11.7. The fraction of sp³-hybridized carbons (Fsp3) is 0.172. The molecule has 0 aliphatic rings. The predicted octanol–water partition coefficient (Wildman–Crippen LogP) is 4.57. The lowest BCUT2D eigenvalue weighted by Gasteiger charge is -2.19. The van der Waals surface area contributed by atoms with E-state index in [9.17, 15) is 19.2 Å². The largest absolute Gasteiger partial charge is 0.462 e. The third-order valence-corrected chi connectivity index (χ3v) is 5.88. The van der Waals surface area contributed by atoms with Crippen LogP contribution in [0.3, 0.4) is 0 Å². The highest BCUT2D eigenvalue weighted by molar-refractivity contribution is 6.07. The van der Waals surface area contributed by atoms with Crippen LogP contribution in [-0.4, -0.2) is 35.1 Å². The third kappa shape index (κ3) is 5.28. The first-order valence-corrected chi connectivity index (χ1v) is 11.8. The van der Waals surface area contributed by atoms with E-state index in [4.69, 9.17) is 9.47 Å². The monoisotopic (exact) mass is 498 g/mol. The molecule has 0 aliphatic heterocycles. The summed E-state index contributed by atoms with van der Waals surface area (Å²) in [6, 6.07) is 22.5. The normalized spacial score (nSPS) is 11.5. The zero-order valence-corrected chi connectivity index (χ0v) is 20.7. The van der Waals surface area contributed by atoms with Crippen LogP contribution in [0, 0.1) is 0 Å². The Kier molecular flexibility index (Phi) is 7.48. The van der Waals surface area contributed by atoms with Gasteiger partial charge in [0.05, 0.1) is 12.2 Å². The number of nitrogens with zero attached hydrogens (tertiary/aromatic N) is 1. The average Bonchev–Trinajstić information content (AvgIpc) is 2.91. The van der Waals surface area contributed by atoms with E-state index in [0.717, 1.165) is 5.56 Å². The minimum Gasteiger partial charge on any atom is -0.462 e. The third-order valence-electron chi connectivity index (χ3n) is 5.88. The van der Waals surface area contributed by atoms with E-state index < -0.39 is 23.9 Å². The van der Waals surface area contributed by atoms with E-state index in [1.165, 1.54) is 30.7 Å². The van der Waals surface area contributed by atoms with E-state index >= 15 is 0 Å². The fourth-order valence-corrected chi connectivity index (χ4v) is 4.02. The quantitative estimate of drug-likeness (QED) is 0.375. The van der Waals surface area contributed by atoms with Gasteiger partial charge in [0.15, 0.2) is 6.10 Å². The summed E-state index contributed by atoms with van der Waals surface area (Å²) in [6.45, 7) is 3.42. The maximum absolute atomic E-state index is 13.4. The zero-order chi connectivity index (χ0) is 26.5. The SMILES string of the molecule is CCOC(=O)c1ccc(NC(=O)C(C)OC(=O)c2c(-c3ccccc3)c3ccccc3c(=O)n2C)cc1. The highest BCUT2D eigenvalue weighted by Gasteiger charge is 2.26. The second-order valence-electron chi connectivity index (χ2n) is 8.33. The Morgan fingerprint density at radius 2 is 1.49 bits per heavy atom. The van der Waals surface area contributed by atoms with Crippen LogP contribution in [0.4, 0.5) is 5.69 Å². The number of aromatic nitrogens is 1. The summed E-state index contributed by atoms with van der Waals surface area (Å²) in [5, 5.41) is 3.75. The summed E-state index contributed by atoms with van der Waals surface area (Å²) in [5.41, 5.74) is 1.76. The van der Waals surface area contributed by atoms with Gasteiger partial charge < -0.3 is 19.4 Å². The Labute approximate surface area is 213 Å². The molecule has 3 aromatic carbocycles. The molecule has 1 N–H and O–H groups in total. The predicted molar refractivity (Wildman–Crippen MR) is 141 cm³/mol. The van der Waals surface area contributed by atoms with Crippen molar-refractivity contribution in [1.29, 1.82) is 0 Å². The first-order chi connectivity index (χ1) is 17.8. The Balaban J connectivity index is 1.61. The number of esters is 2. The summed E-state index contributed by atoms with van der Waals surface area (Å²) in [7, 11) is 1.51. The van der Waals surface area contributed by atoms with Gasteiger partial charge in [-0.15, -0.1) is 0 Å². The molecule has 1 amide bonds. The number of fused-ring (bicyclic) bond motifs is 1. The van der Waals surface area contributed by atoms with Crippen molar-refractivity contribution in [3.05, 3.63) is 100 Å². The lowest BCUT2D eigenvalue weighted by molar-refractivity contribution is -0.123. The molecule has 8 nitrogen and oxygen atoms in total. The minimum absolute atomic E-state index is 0.0494. The van der Waals surface area contributed by atoms with Gasteiger partial charge in [-0.3, -0.25) is 9.59 Å².